The van der Waals surface area contributed by atoms with Crippen LogP contribution < -0.4 is 4.90 Å². The lowest BCUT2D eigenvalue weighted by atomic mass is 9.98. The van der Waals surface area contributed by atoms with Gasteiger partial charge in [-0.25, -0.2) is 0 Å². The van der Waals surface area contributed by atoms with Crippen LogP contribution in [0.3, 0.4) is 0 Å². The number of rotatable bonds is 6. The van der Waals surface area contributed by atoms with Gasteiger partial charge in [0.05, 0.1) is 11.0 Å². The van der Waals surface area contributed by atoms with Crippen molar-refractivity contribution in [2.45, 2.75) is 0 Å². The van der Waals surface area contributed by atoms with Gasteiger partial charge in [0.2, 0.25) is 0 Å². The molecule has 0 radical (unpaired) electrons. The molecule has 0 bridgehead atoms. The van der Waals surface area contributed by atoms with Crippen LogP contribution in [0.2, 0.25) is 0 Å². The summed E-state index contributed by atoms with van der Waals surface area (Å²) in [6.45, 7) is 0. The van der Waals surface area contributed by atoms with Gasteiger partial charge in [0.25, 0.3) is 0 Å². The molecule has 226 valence electrons. The van der Waals surface area contributed by atoms with Crippen molar-refractivity contribution in [2.75, 3.05) is 4.90 Å². The Bertz CT molecular complexity index is 2550. The lowest BCUT2D eigenvalue weighted by Crippen LogP contribution is -2.09. The Hall–Kier alpha value is -6.38. The van der Waals surface area contributed by atoms with Crippen LogP contribution in [0, 0.1) is 0 Å². The highest BCUT2D eigenvalue weighted by Crippen LogP contribution is 2.41. The van der Waals surface area contributed by atoms with Crippen LogP contribution in [0.1, 0.15) is 0 Å². The Morgan fingerprint density at radius 1 is 0.354 bits per heavy atom. The van der Waals surface area contributed by atoms with Crippen molar-refractivity contribution in [1.29, 1.82) is 0 Å². The Kier molecular flexibility index (Phi) is 6.84. The molecule has 0 saturated carbocycles. The standard InChI is InChI=1S/C46H32N2/c1-3-16-38(17-4-1)47(40-29-27-34(28-30-40)36-26-25-33-13-7-8-14-35(33)31-36)41-20-11-15-37(32-41)42-22-12-24-45-46(42)43-21-9-10-23-44(43)48(45)39-18-5-2-6-19-39/h1-32H. The number of hydrogen-bond donors (Lipinski definition) is 0. The maximum Gasteiger partial charge on any atom is 0.0547 e. The normalized spacial score (nSPS) is 11.3. The van der Waals surface area contributed by atoms with Crippen molar-refractivity contribution in [3.8, 4) is 27.9 Å². The van der Waals surface area contributed by atoms with Crippen LogP contribution in [-0.4, -0.2) is 4.57 Å². The van der Waals surface area contributed by atoms with E-state index in [1.165, 1.54) is 54.8 Å². The van der Waals surface area contributed by atoms with Crippen molar-refractivity contribution in [3.63, 3.8) is 0 Å². The summed E-state index contributed by atoms with van der Waals surface area (Å²) in [7, 11) is 0. The molecule has 1 heterocycles. The monoisotopic (exact) mass is 612 g/mol. The smallest absolute Gasteiger partial charge is 0.0547 e. The Labute approximate surface area is 280 Å². The third kappa shape index (κ3) is 4.83. The molecule has 0 unspecified atom stereocenters. The number of hydrogen-bond acceptors (Lipinski definition) is 1. The number of benzene rings is 8. The van der Waals surface area contributed by atoms with Gasteiger partial charge in [-0.3, -0.25) is 0 Å². The highest BCUT2D eigenvalue weighted by Gasteiger charge is 2.18. The minimum Gasteiger partial charge on any atom is -0.310 e. The highest BCUT2D eigenvalue weighted by atomic mass is 15.1. The summed E-state index contributed by atoms with van der Waals surface area (Å²) in [6.07, 6.45) is 0. The highest BCUT2D eigenvalue weighted by molar-refractivity contribution is 6.15. The van der Waals surface area contributed by atoms with Crippen LogP contribution in [0.25, 0.3) is 60.5 Å². The first kappa shape index (κ1) is 27.9. The average molecular weight is 613 g/mol. The van der Waals surface area contributed by atoms with Gasteiger partial charge >= 0.3 is 0 Å². The second-order valence-corrected chi connectivity index (χ2v) is 12.2. The Balaban J connectivity index is 1.17. The van der Waals surface area contributed by atoms with Gasteiger partial charge in [-0.15, -0.1) is 0 Å². The van der Waals surface area contributed by atoms with Crippen LogP contribution in [-0.2, 0) is 0 Å². The molecule has 2 heteroatoms. The van der Waals surface area contributed by atoms with Crippen LogP contribution >= 0.6 is 0 Å². The predicted molar refractivity (Wildman–Crippen MR) is 204 cm³/mol. The molecule has 48 heavy (non-hydrogen) atoms. The molecule has 0 fully saturated rings. The molecule has 8 aromatic carbocycles. The summed E-state index contributed by atoms with van der Waals surface area (Å²) in [5.41, 5.74) is 11.7. The molecule has 2 nitrogen and oxygen atoms in total. The lowest BCUT2D eigenvalue weighted by molar-refractivity contribution is 1.18. The van der Waals surface area contributed by atoms with E-state index in [1.54, 1.807) is 0 Å². The molecule has 0 N–H and O–H groups in total. The minimum atomic E-state index is 1.11. The molecule has 0 aliphatic rings. The zero-order valence-corrected chi connectivity index (χ0v) is 26.4. The first-order valence-electron chi connectivity index (χ1n) is 16.4. The van der Waals surface area contributed by atoms with Crippen molar-refractivity contribution < 1.29 is 0 Å². The van der Waals surface area contributed by atoms with E-state index in [9.17, 15) is 0 Å². The SMILES string of the molecule is c1ccc(N(c2ccc(-c3ccc4ccccc4c3)cc2)c2cccc(-c3cccc4c3c3ccccc3n4-c3ccccc3)c2)cc1. The first-order valence-corrected chi connectivity index (χ1v) is 16.4. The number of nitrogens with zero attached hydrogens (tertiary/aromatic N) is 2. The van der Waals surface area contributed by atoms with E-state index in [2.05, 4.69) is 204 Å². The molecule has 0 aliphatic heterocycles. The van der Waals surface area contributed by atoms with E-state index in [4.69, 9.17) is 0 Å². The summed E-state index contributed by atoms with van der Waals surface area (Å²) in [4.78, 5) is 2.35. The van der Waals surface area contributed by atoms with E-state index in [0.29, 0.717) is 0 Å². The molecule has 0 amide bonds. The molecule has 9 aromatic rings. The zero-order valence-electron chi connectivity index (χ0n) is 26.4. The van der Waals surface area contributed by atoms with Crippen molar-refractivity contribution >= 4 is 49.6 Å². The second kappa shape index (κ2) is 11.8. The maximum absolute atomic E-state index is 2.38. The average Bonchev–Trinajstić information content (AvgIpc) is 3.51. The van der Waals surface area contributed by atoms with Crippen molar-refractivity contribution in [3.05, 3.63) is 194 Å². The molecule has 0 spiro atoms. The molecule has 9 rings (SSSR count). The quantitative estimate of drug-likeness (QED) is 0.181. The van der Waals surface area contributed by atoms with E-state index in [-0.39, 0.29) is 0 Å². The topological polar surface area (TPSA) is 8.17 Å². The predicted octanol–water partition coefficient (Wildman–Crippen LogP) is 12.7. The Morgan fingerprint density at radius 2 is 0.979 bits per heavy atom. The molecular formula is C46H32N2. The second-order valence-electron chi connectivity index (χ2n) is 12.2. The summed E-state index contributed by atoms with van der Waals surface area (Å²) in [5, 5.41) is 5.03. The van der Waals surface area contributed by atoms with Gasteiger partial charge in [-0.1, -0.05) is 127 Å². The molecule has 0 saturated heterocycles. The van der Waals surface area contributed by atoms with Crippen LogP contribution in [0.5, 0.6) is 0 Å². The minimum absolute atomic E-state index is 1.11. The lowest BCUT2D eigenvalue weighted by Gasteiger charge is -2.26. The first-order chi connectivity index (χ1) is 23.8. The Morgan fingerprint density at radius 3 is 1.81 bits per heavy atom. The van der Waals surface area contributed by atoms with Crippen molar-refractivity contribution in [2.24, 2.45) is 0 Å². The molecule has 1 aromatic heterocycles. The fourth-order valence-corrected chi connectivity index (χ4v) is 7.12. The number of para-hydroxylation sites is 3. The number of anilines is 3. The van der Waals surface area contributed by atoms with E-state index < -0.39 is 0 Å². The largest absolute Gasteiger partial charge is 0.310 e. The van der Waals surface area contributed by atoms with Gasteiger partial charge in [-0.05, 0) is 99.8 Å². The van der Waals surface area contributed by atoms with E-state index in [1.807, 2.05) is 0 Å². The third-order valence-electron chi connectivity index (χ3n) is 9.35. The van der Waals surface area contributed by atoms with Gasteiger partial charge in [0, 0.05) is 33.5 Å². The van der Waals surface area contributed by atoms with Crippen LogP contribution in [0.4, 0.5) is 17.1 Å². The van der Waals surface area contributed by atoms with E-state index in [0.717, 1.165) is 22.7 Å². The van der Waals surface area contributed by atoms with Crippen molar-refractivity contribution in [1.82, 2.24) is 4.57 Å². The maximum atomic E-state index is 2.38. The summed E-state index contributed by atoms with van der Waals surface area (Å²) < 4.78 is 2.38. The fraction of sp³-hybridized carbons (Fsp3) is 0. The summed E-state index contributed by atoms with van der Waals surface area (Å²) in [5.74, 6) is 0. The fourth-order valence-electron chi connectivity index (χ4n) is 7.12. The summed E-state index contributed by atoms with van der Waals surface area (Å²) >= 11 is 0. The van der Waals surface area contributed by atoms with E-state index >= 15 is 0 Å². The molecule has 0 aliphatic carbocycles. The van der Waals surface area contributed by atoms with Gasteiger partial charge in [0.15, 0.2) is 0 Å². The molecule has 0 atom stereocenters. The summed E-state index contributed by atoms with van der Waals surface area (Å²) in [6, 6.07) is 69.8. The number of aromatic nitrogens is 1. The number of fused-ring (bicyclic) bond motifs is 4. The van der Waals surface area contributed by atoms with Crippen LogP contribution in [0.15, 0.2) is 194 Å². The van der Waals surface area contributed by atoms with Gasteiger partial charge in [0.1, 0.15) is 0 Å². The molecular weight excluding hydrogens is 581 g/mol. The third-order valence-corrected chi connectivity index (χ3v) is 9.35. The van der Waals surface area contributed by atoms with Gasteiger partial charge in [-0.2, -0.15) is 0 Å². The zero-order chi connectivity index (χ0) is 31.9. The van der Waals surface area contributed by atoms with Gasteiger partial charge < -0.3 is 9.47 Å².